The number of aromatic nitrogens is 2. The standard InChI is InChI=1S/C30H27N3O3/c1-3-4-10-27-26(16-21-11-13-25(23(15-21)18-31)22-8-6-5-7-9-22)30(34)33(20(2)32-27)24-12-14-28-29(17-24)36-19-35-28/h5-9,11-15,17H,3-4,10,16,19H2,1-2H3. The van der Waals surface area contributed by atoms with E-state index in [0.717, 1.165) is 41.6 Å². The van der Waals surface area contributed by atoms with Crippen molar-refractivity contribution in [3.8, 4) is 34.4 Å². The van der Waals surface area contributed by atoms with Gasteiger partial charge in [-0.15, -0.1) is 0 Å². The van der Waals surface area contributed by atoms with E-state index in [1.807, 2.05) is 73.7 Å². The van der Waals surface area contributed by atoms with Crippen molar-refractivity contribution in [3.05, 3.63) is 105 Å². The van der Waals surface area contributed by atoms with Crippen LogP contribution in [0.1, 0.15) is 48.0 Å². The van der Waals surface area contributed by atoms with Gasteiger partial charge in [0.15, 0.2) is 11.5 Å². The van der Waals surface area contributed by atoms with E-state index in [2.05, 4.69) is 13.0 Å². The maximum atomic E-state index is 13.9. The Balaban J connectivity index is 1.58. The topological polar surface area (TPSA) is 77.1 Å². The van der Waals surface area contributed by atoms with Crippen molar-refractivity contribution in [2.75, 3.05) is 6.79 Å². The van der Waals surface area contributed by atoms with E-state index < -0.39 is 0 Å². The molecule has 3 aromatic carbocycles. The zero-order valence-corrected chi connectivity index (χ0v) is 20.5. The monoisotopic (exact) mass is 477 g/mol. The van der Waals surface area contributed by atoms with E-state index in [1.165, 1.54) is 0 Å². The highest BCUT2D eigenvalue weighted by molar-refractivity contribution is 5.71. The number of fused-ring (bicyclic) bond motifs is 1. The molecule has 36 heavy (non-hydrogen) atoms. The molecule has 5 rings (SSSR count). The van der Waals surface area contributed by atoms with Crippen LogP contribution in [0.2, 0.25) is 0 Å². The third-order valence-corrected chi connectivity index (χ3v) is 6.48. The Kier molecular flexibility index (Phi) is 6.55. The Morgan fingerprint density at radius 2 is 1.83 bits per heavy atom. The zero-order valence-electron chi connectivity index (χ0n) is 20.5. The molecule has 4 aromatic rings. The highest BCUT2D eigenvalue weighted by atomic mass is 16.7. The fourth-order valence-electron chi connectivity index (χ4n) is 4.64. The molecule has 0 unspecified atom stereocenters. The minimum Gasteiger partial charge on any atom is -0.454 e. The number of hydrogen-bond acceptors (Lipinski definition) is 5. The van der Waals surface area contributed by atoms with Crippen molar-refractivity contribution in [2.24, 2.45) is 0 Å². The third-order valence-electron chi connectivity index (χ3n) is 6.48. The first-order valence-electron chi connectivity index (χ1n) is 12.2. The number of nitriles is 1. The maximum absolute atomic E-state index is 13.9. The summed E-state index contributed by atoms with van der Waals surface area (Å²) in [5.74, 6) is 1.91. The number of benzene rings is 3. The maximum Gasteiger partial charge on any atom is 0.261 e. The van der Waals surface area contributed by atoms with E-state index in [-0.39, 0.29) is 12.4 Å². The van der Waals surface area contributed by atoms with Crippen LogP contribution in [0.25, 0.3) is 16.8 Å². The Labute approximate surface area is 210 Å². The summed E-state index contributed by atoms with van der Waals surface area (Å²) in [5.41, 5.74) is 5.44. The molecule has 0 radical (unpaired) electrons. The summed E-state index contributed by atoms with van der Waals surface area (Å²) >= 11 is 0. The van der Waals surface area contributed by atoms with Crippen molar-refractivity contribution in [3.63, 3.8) is 0 Å². The van der Waals surface area contributed by atoms with Gasteiger partial charge in [0, 0.05) is 18.1 Å². The van der Waals surface area contributed by atoms with Crippen LogP contribution >= 0.6 is 0 Å². The number of nitrogens with zero attached hydrogens (tertiary/aromatic N) is 3. The lowest BCUT2D eigenvalue weighted by Gasteiger charge is -2.16. The Morgan fingerprint density at radius 1 is 1.03 bits per heavy atom. The summed E-state index contributed by atoms with van der Waals surface area (Å²) in [6, 6.07) is 23.5. The van der Waals surface area contributed by atoms with Gasteiger partial charge in [-0.25, -0.2) is 4.98 Å². The third kappa shape index (κ3) is 4.48. The second-order valence-corrected chi connectivity index (χ2v) is 8.90. The Hall–Kier alpha value is -4.37. The second kappa shape index (κ2) is 10.1. The van der Waals surface area contributed by atoms with Crippen LogP contribution in [0, 0.1) is 18.3 Å². The van der Waals surface area contributed by atoms with Crippen molar-refractivity contribution in [1.29, 1.82) is 5.26 Å². The molecule has 1 aliphatic rings. The lowest BCUT2D eigenvalue weighted by molar-refractivity contribution is 0.174. The number of aryl methyl sites for hydroxylation is 2. The molecule has 0 fully saturated rings. The van der Waals surface area contributed by atoms with E-state index in [1.54, 1.807) is 4.57 Å². The molecule has 0 saturated carbocycles. The van der Waals surface area contributed by atoms with E-state index in [0.29, 0.717) is 40.6 Å². The first-order valence-corrected chi connectivity index (χ1v) is 12.2. The highest BCUT2D eigenvalue weighted by Gasteiger charge is 2.20. The molecule has 1 aliphatic heterocycles. The number of ether oxygens (including phenoxy) is 2. The Morgan fingerprint density at radius 3 is 2.61 bits per heavy atom. The first-order chi connectivity index (χ1) is 17.6. The van der Waals surface area contributed by atoms with E-state index >= 15 is 0 Å². The van der Waals surface area contributed by atoms with Gasteiger partial charge in [0.25, 0.3) is 5.56 Å². The van der Waals surface area contributed by atoms with Crippen LogP contribution in [0.3, 0.4) is 0 Å². The summed E-state index contributed by atoms with van der Waals surface area (Å²) in [7, 11) is 0. The van der Waals surface area contributed by atoms with Gasteiger partial charge in [0.05, 0.1) is 23.0 Å². The van der Waals surface area contributed by atoms with E-state index in [9.17, 15) is 10.1 Å². The predicted molar refractivity (Wildman–Crippen MR) is 139 cm³/mol. The molecule has 0 N–H and O–H groups in total. The van der Waals surface area contributed by atoms with Crippen LogP contribution in [0.4, 0.5) is 0 Å². The normalized spacial score (nSPS) is 11.9. The summed E-state index contributed by atoms with van der Waals surface area (Å²) in [6.07, 6.45) is 3.09. The van der Waals surface area contributed by atoms with Crippen LogP contribution < -0.4 is 15.0 Å². The van der Waals surface area contributed by atoms with Gasteiger partial charge in [-0.2, -0.15) is 5.26 Å². The van der Waals surface area contributed by atoms with Gasteiger partial charge in [-0.1, -0.05) is 55.8 Å². The van der Waals surface area contributed by atoms with Crippen LogP contribution in [0.15, 0.2) is 71.5 Å². The molecule has 0 saturated heterocycles. The molecule has 1 aromatic heterocycles. The molecular formula is C30H27N3O3. The molecule has 0 amide bonds. The number of hydrogen-bond donors (Lipinski definition) is 0. The minimum atomic E-state index is -0.0990. The summed E-state index contributed by atoms with van der Waals surface area (Å²) in [4.78, 5) is 18.8. The van der Waals surface area contributed by atoms with Crippen molar-refractivity contribution in [2.45, 2.75) is 39.5 Å². The van der Waals surface area contributed by atoms with Gasteiger partial charge in [-0.05, 0) is 54.7 Å². The predicted octanol–water partition coefficient (Wildman–Crippen LogP) is 5.74. The van der Waals surface area contributed by atoms with Crippen molar-refractivity contribution < 1.29 is 9.47 Å². The fraction of sp³-hybridized carbons (Fsp3) is 0.233. The molecule has 0 spiro atoms. The summed E-state index contributed by atoms with van der Waals surface area (Å²) < 4.78 is 12.6. The van der Waals surface area contributed by atoms with Crippen LogP contribution in [-0.4, -0.2) is 16.3 Å². The van der Waals surface area contributed by atoms with Gasteiger partial charge >= 0.3 is 0 Å². The molecule has 0 aliphatic carbocycles. The van der Waals surface area contributed by atoms with Crippen molar-refractivity contribution >= 4 is 0 Å². The first kappa shape index (κ1) is 23.4. The average Bonchev–Trinajstić information content (AvgIpc) is 3.38. The fourth-order valence-corrected chi connectivity index (χ4v) is 4.64. The van der Waals surface area contributed by atoms with Crippen LogP contribution in [-0.2, 0) is 12.8 Å². The molecule has 6 heteroatoms. The van der Waals surface area contributed by atoms with Gasteiger partial charge in [-0.3, -0.25) is 9.36 Å². The molecule has 2 heterocycles. The number of rotatable bonds is 7. The molecule has 6 nitrogen and oxygen atoms in total. The van der Waals surface area contributed by atoms with Crippen molar-refractivity contribution in [1.82, 2.24) is 9.55 Å². The lowest BCUT2D eigenvalue weighted by Crippen LogP contribution is -2.28. The van der Waals surface area contributed by atoms with Gasteiger partial charge in [0.1, 0.15) is 5.82 Å². The van der Waals surface area contributed by atoms with E-state index in [4.69, 9.17) is 14.5 Å². The zero-order chi connectivity index (χ0) is 25.1. The van der Waals surface area contributed by atoms with Gasteiger partial charge < -0.3 is 9.47 Å². The summed E-state index contributed by atoms with van der Waals surface area (Å²) in [5, 5.41) is 9.85. The molecule has 0 atom stereocenters. The number of unbranched alkanes of at least 4 members (excludes halogenated alkanes) is 1. The average molecular weight is 478 g/mol. The second-order valence-electron chi connectivity index (χ2n) is 8.90. The smallest absolute Gasteiger partial charge is 0.261 e. The largest absolute Gasteiger partial charge is 0.454 e. The highest BCUT2D eigenvalue weighted by Crippen LogP contribution is 2.33. The van der Waals surface area contributed by atoms with Crippen LogP contribution in [0.5, 0.6) is 11.5 Å². The summed E-state index contributed by atoms with van der Waals surface area (Å²) in [6.45, 7) is 4.15. The van der Waals surface area contributed by atoms with Gasteiger partial charge in [0.2, 0.25) is 6.79 Å². The molecular weight excluding hydrogens is 450 g/mol. The lowest BCUT2D eigenvalue weighted by atomic mass is 9.95. The molecule has 180 valence electrons. The quantitative estimate of drug-likeness (QED) is 0.339. The SMILES string of the molecule is CCCCc1nc(C)n(-c2ccc3c(c2)OCO3)c(=O)c1Cc1ccc(-c2ccccc2)c(C#N)c1. The Bertz CT molecular complexity index is 1520. The minimum absolute atomic E-state index is 0.0990. The molecule has 0 bridgehead atoms.